The Labute approximate surface area is 96.3 Å². The van der Waals surface area contributed by atoms with Gasteiger partial charge in [-0.25, -0.2) is 5.14 Å². The molecule has 94 valence electrons. The smallest absolute Gasteiger partial charge is 0.299 e. The van der Waals surface area contributed by atoms with Crippen molar-refractivity contribution in [1.29, 1.82) is 0 Å². The normalized spacial score (nSPS) is 35.8. The molecule has 0 saturated heterocycles. The molecule has 2 saturated carbocycles. The molecule has 2 aliphatic carbocycles. The second-order valence-corrected chi connectivity index (χ2v) is 6.46. The van der Waals surface area contributed by atoms with E-state index in [1.165, 1.54) is 6.42 Å². The fourth-order valence-corrected chi connectivity index (χ4v) is 2.90. The van der Waals surface area contributed by atoms with E-state index in [0.29, 0.717) is 11.7 Å². The third-order valence-corrected chi connectivity index (χ3v) is 4.48. The van der Waals surface area contributed by atoms with Gasteiger partial charge in [0.1, 0.15) is 5.78 Å². The number of hydrogen-bond donors (Lipinski definition) is 2. The fourth-order valence-electron chi connectivity index (χ4n) is 2.90. The lowest BCUT2D eigenvalue weighted by molar-refractivity contribution is -0.128. The molecule has 2 rings (SSSR count). The Morgan fingerprint density at radius 2 is 1.81 bits per heavy atom. The topological polar surface area (TPSA) is 97.5 Å². The third-order valence-electron chi connectivity index (χ3n) is 4.48. The van der Waals surface area contributed by atoms with Gasteiger partial charge in [-0.05, 0) is 24.2 Å². The number of ketones is 1. The quantitative estimate of drug-likeness (QED) is 0.629. The second kappa shape index (κ2) is 3.78. The predicted molar refractivity (Wildman–Crippen MR) is 60.0 cm³/mol. The number of hydrogen-bond acceptors (Lipinski definition) is 3. The lowest BCUT2D eigenvalue weighted by atomic mass is 9.70. The summed E-state index contributed by atoms with van der Waals surface area (Å²) in [5.41, 5.74) is 0.307. The van der Waals surface area contributed by atoms with Crippen LogP contribution >= 0.6 is 0 Å². The highest BCUT2D eigenvalue weighted by atomic mass is 32.2. The maximum atomic E-state index is 11.6. The van der Waals surface area contributed by atoms with Gasteiger partial charge >= 0.3 is 10.3 Å². The molecule has 5 nitrogen and oxygen atoms in total. The zero-order valence-corrected chi connectivity index (χ0v) is 10.7. The number of carbonyl (C=O) groups is 1. The maximum Gasteiger partial charge on any atom is 0.330 e. The Kier molecular flexibility index (Phi) is 3.22. The molecule has 2 unspecified atom stereocenters. The van der Waals surface area contributed by atoms with E-state index in [0.717, 1.165) is 12.8 Å². The largest absolute Gasteiger partial charge is 0.330 e. The van der Waals surface area contributed by atoms with Crippen molar-refractivity contribution >= 4 is 16.1 Å². The molecule has 2 bridgehead atoms. The molecule has 3 N–H and O–H groups in total. The van der Waals surface area contributed by atoms with Gasteiger partial charge in [-0.2, -0.15) is 8.42 Å². The number of carbonyl (C=O) groups excluding carboxylic acids is 1. The Balaban J connectivity index is 0.000000221. The lowest BCUT2D eigenvalue weighted by Crippen LogP contribution is -2.32. The van der Waals surface area contributed by atoms with Gasteiger partial charge in [0.25, 0.3) is 0 Å². The van der Waals surface area contributed by atoms with Crippen LogP contribution in [-0.2, 0) is 15.1 Å². The first-order valence-corrected chi connectivity index (χ1v) is 6.77. The van der Waals surface area contributed by atoms with E-state index in [1.807, 2.05) is 0 Å². The van der Waals surface area contributed by atoms with Crippen molar-refractivity contribution in [3.8, 4) is 0 Å². The maximum absolute atomic E-state index is 11.6. The Morgan fingerprint density at radius 3 is 1.94 bits per heavy atom. The van der Waals surface area contributed by atoms with Crippen molar-refractivity contribution in [2.45, 2.75) is 40.0 Å². The van der Waals surface area contributed by atoms with Gasteiger partial charge in [0.15, 0.2) is 0 Å². The van der Waals surface area contributed by atoms with Crippen LogP contribution in [0.15, 0.2) is 0 Å². The molecule has 2 fully saturated rings. The van der Waals surface area contributed by atoms with Crippen molar-refractivity contribution < 1.29 is 17.8 Å². The predicted octanol–water partition coefficient (Wildman–Crippen LogP) is 1.15. The number of rotatable bonds is 0. The summed E-state index contributed by atoms with van der Waals surface area (Å²) in [4.78, 5) is 11.6. The van der Waals surface area contributed by atoms with Gasteiger partial charge < -0.3 is 0 Å². The highest BCUT2D eigenvalue weighted by Crippen LogP contribution is 2.63. The van der Waals surface area contributed by atoms with E-state index in [4.69, 9.17) is 13.0 Å². The molecule has 0 amide bonds. The van der Waals surface area contributed by atoms with Gasteiger partial charge in [0.05, 0.1) is 0 Å². The van der Waals surface area contributed by atoms with Gasteiger partial charge in [0.2, 0.25) is 0 Å². The Hall–Kier alpha value is -0.460. The summed E-state index contributed by atoms with van der Waals surface area (Å²) >= 11 is 0. The molecular weight excluding hydrogens is 230 g/mol. The van der Waals surface area contributed by atoms with E-state index in [1.54, 1.807) is 0 Å². The van der Waals surface area contributed by atoms with E-state index in [2.05, 4.69) is 25.9 Å². The minimum Gasteiger partial charge on any atom is -0.299 e. The first-order chi connectivity index (χ1) is 6.98. The van der Waals surface area contributed by atoms with Crippen LogP contribution in [0, 0.1) is 16.7 Å². The Morgan fingerprint density at radius 1 is 1.38 bits per heavy atom. The summed E-state index contributed by atoms with van der Waals surface area (Å²) in [7, 11) is -4.17. The average molecular weight is 249 g/mol. The van der Waals surface area contributed by atoms with Crippen LogP contribution < -0.4 is 5.14 Å². The molecule has 2 aliphatic rings. The summed E-state index contributed by atoms with van der Waals surface area (Å²) in [5, 5.41) is 3.88. The standard InChI is InChI=1S/C10H16O.H3NO3S/c1-9(2)7-4-5-10(9,3)8(11)6-7;1-5(2,3)4/h7H,4-6H2,1-3H3;(H3,1,2,3,4). The number of nitrogens with two attached hydrogens (primary N) is 1. The van der Waals surface area contributed by atoms with Crippen molar-refractivity contribution in [2.24, 2.45) is 21.9 Å². The molecule has 0 aromatic rings. The average Bonchev–Trinajstić information content (AvgIpc) is 2.33. The van der Waals surface area contributed by atoms with Crippen LogP contribution in [0.25, 0.3) is 0 Å². The molecule has 0 aliphatic heterocycles. The summed E-state index contributed by atoms with van der Waals surface area (Å²) in [6.07, 6.45) is 3.25. The molecule has 0 radical (unpaired) electrons. The highest BCUT2D eigenvalue weighted by Gasteiger charge is 2.61. The number of fused-ring (bicyclic) bond motifs is 2. The summed E-state index contributed by atoms with van der Waals surface area (Å²) < 4.78 is 25.2. The third kappa shape index (κ3) is 2.28. The van der Waals surface area contributed by atoms with Crippen LogP contribution in [0.4, 0.5) is 0 Å². The van der Waals surface area contributed by atoms with Gasteiger partial charge in [-0.15, -0.1) is 0 Å². The molecule has 0 spiro atoms. The molecular formula is C10H19NO4S. The lowest BCUT2D eigenvalue weighted by Gasteiger charge is -2.32. The van der Waals surface area contributed by atoms with Gasteiger partial charge in [-0.1, -0.05) is 20.8 Å². The van der Waals surface area contributed by atoms with Crippen LogP contribution in [0.3, 0.4) is 0 Å². The van der Waals surface area contributed by atoms with Crippen LogP contribution in [0.1, 0.15) is 40.0 Å². The monoisotopic (exact) mass is 249 g/mol. The van der Waals surface area contributed by atoms with Crippen LogP contribution in [-0.4, -0.2) is 18.8 Å². The van der Waals surface area contributed by atoms with E-state index >= 15 is 0 Å². The molecule has 6 heteroatoms. The van der Waals surface area contributed by atoms with Crippen molar-refractivity contribution in [1.82, 2.24) is 0 Å². The van der Waals surface area contributed by atoms with Crippen LogP contribution in [0.5, 0.6) is 0 Å². The first-order valence-electron chi connectivity index (χ1n) is 5.27. The zero-order valence-electron chi connectivity index (χ0n) is 9.86. The number of Topliss-reactive ketones (excluding diaryl/α,β-unsaturated/α-hetero) is 1. The molecule has 2 atom stereocenters. The molecule has 0 aromatic carbocycles. The molecule has 16 heavy (non-hydrogen) atoms. The minimum absolute atomic E-state index is 0.0255. The van der Waals surface area contributed by atoms with E-state index in [9.17, 15) is 4.79 Å². The van der Waals surface area contributed by atoms with E-state index < -0.39 is 10.3 Å². The van der Waals surface area contributed by atoms with Gasteiger partial charge in [0, 0.05) is 11.8 Å². The fraction of sp³-hybridized carbons (Fsp3) is 0.900. The van der Waals surface area contributed by atoms with Crippen molar-refractivity contribution in [2.75, 3.05) is 0 Å². The Bertz CT molecular complexity index is 393. The van der Waals surface area contributed by atoms with E-state index in [-0.39, 0.29) is 10.8 Å². The van der Waals surface area contributed by atoms with Gasteiger partial charge in [-0.3, -0.25) is 9.35 Å². The summed E-state index contributed by atoms with van der Waals surface area (Å²) in [6.45, 7) is 6.67. The highest BCUT2D eigenvalue weighted by molar-refractivity contribution is 7.83. The first kappa shape index (κ1) is 13.6. The zero-order chi connectivity index (χ0) is 12.8. The van der Waals surface area contributed by atoms with Crippen molar-refractivity contribution in [3.05, 3.63) is 0 Å². The van der Waals surface area contributed by atoms with Crippen LogP contribution in [0.2, 0.25) is 0 Å². The SMILES string of the molecule is CC12CCC(CC1=O)C2(C)C.NS(=O)(=O)O. The summed E-state index contributed by atoms with van der Waals surface area (Å²) in [6, 6.07) is 0. The minimum atomic E-state index is -4.17. The summed E-state index contributed by atoms with van der Waals surface area (Å²) in [5.74, 6) is 1.19. The molecule has 0 heterocycles. The molecule has 0 aromatic heterocycles. The second-order valence-electron chi connectivity index (χ2n) is 5.43. The van der Waals surface area contributed by atoms with Crippen molar-refractivity contribution in [3.63, 3.8) is 0 Å².